The van der Waals surface area contributed by atoms with E-state index in [2.05, 4.69) is 31.2 Å². The molecule has 5 aromatic rings. The number of amides is 1. The Morgan fingerprint density at radius 3 is 2.54 bits per heavy atom. The van der Waals surface area contributed by atoms with E-state index >= 15 is 0 Å². The highest BCUT2D eigenvalue weighted by atomic mass is 79.9. The van der Waals surface area contributed by atoms with E-state index in [1.807, 2.05) is 61.5 Å². The second-order valence-corrected chi connectivity index (χ2v) is 9.29. The molecular weight excluding hydrogens is 560 g/mol. The Kier molecular flexibility index (Phi) is 7.55. The molecule has 39 heavy (non-hydrogen) atoms. The predicted molar refractivity (Wildman–Crippen MR) is 156 cm³/mol. The molecule has 0 saturated carbocycles. The van der Waals surface area contributed by atoms with Gasteiger partial charge in [0.15, 0.2) is 11.5 Å². The highest BCUT2D eigenvalue weighted by molar-refractivity contribution is 9.09. The normalized spacial score (nSPS) is 12.1. The maximum Gasteiger partial charge on any atom is 0.339 e. The second kappa shape index (κ2) is 11.4. The lowest BCUT2D eigenvalue weighted by molar-refractivity contribution is -0.111. The fourth-order valence-corrected chi connectivity index (χ4v) is 4.43. The summed E-state index contributed by atoms with van der Waals surface area (Å²) in [5.74, 6) is 0.666. The number of aromatic nitrogens is 4. The van der Waals surface area contributed by atoms with E-state index in [0.29, 0.717) is 33.6 Å². The van der Waals surface area contributed by atoms with Gasteiger partial charge < -0.3 is 15.8 Å². The number of alkyl halides is 1. The van der Waals surface area contributed by atoms with Gasteiger partial charge in [-0.25, -0.2) is 19.3 Å². The van der Waals surface area contributed by atoms with Crippen molar-refractivity contribution < 1.29 is 9.53 Å². The molecule has 1 atom stereocenters. The van der Waals surface area contributed by atoms with Gasteiger partial charge in [0.05, 0.1) is 11.4 Å². The Labute approximate surface area is 232 Å². The van der Waals surface area contributed by atoms with Crippen LogP contribution in [-0.4, -0.2) is 30.3 Å². The lowest BCUT2D eigenvalue weighted by Crippen LogP contribution is -2.22. The number of imidazole rings is 1. The van der Waals surface area contributed by atoms with Crippen molar-refractivity contribution in [3.63, 3.8) is 0 Å². The molecule has 9 nitrogen and oxygen atoms in total. The van der Waals surface area contributed by atoms with E-state index in [0.717, 1.165) is 11.3 Å². The van der Waals surface area contributed by atoms with E-state index in [-0.39, 0.29) is 23.5 Å². The molecule has 2 heterocycles. The molecule has 196 valence electrons. The highest BCUT2D eigenvalue weighted by Gasteiger charge is 2.20. The van der Waals surface area contributed by atoms with Gasteiger partial charge in [-0.1, -0.05) is 58.4 Å². The molecule has 5 rings (SSSR count). The molecule has 10 heteroatoms. The van der Waals surface area contributed by atoms with Crippen LogP contribution in [0, 0.1) is 0 Å². The fourth-order valence-electron chi connectivity index (χ4n) is 4.24. The zero-order chi connectivity index (χ0) is 27.4. The first-order valence-corrected chi connectivity index (χ1v) is 13.3. The van der Waals surface area contributed by atoms with Crippen molar-refractivity contribution in [3.8, 4) is 17.1 Å². The van der Waals surface area contributed by atoms with Crippen LogP contribution in [-0.2, 0) is 4.79 Å². The number of hydrogen-bond acceptors (Lipinski definition) is 6. The third-order valence-corrected chi connectivity index (χ3v) is 6.43. The molecule has 1 amide bonds. The minimum absolute atomic E-state index is 0.171. The molecule has 2 aromatic heterocycles. The third-order valence-electron chi connectivity index (χ3n) is 6.06. The highest BCUT2D eigenvalue weighted by Crippen LogP contribution is 2.26. The van der Waals surface area contributed by atoms with Crippen LogP contribution in [0.25, 0.3) is 22.5 Å². The van der Waals surface area contributed by atoms with Gasteiger partial charge in [0.25, 0.3) is 0 Å². The molecule has 0 aliphatic heterocycles. The van der Waals surface area contributed by atoms with Gasteiger partial charge in [-0.15, -0.1) is 0 Å². The number of fused-ring (bicyclic) bond motifs is 1. The first-order valence-electron chi connectivity index (χ1n) is 12.2. The van der Waals surface area contributed by atoms with Crippen LogP contribution < -0.4 is 21.5 Å². The predicted octanol–water partition coefficient (Wildman–Crippen LogP) is 5.18. The molecule has 0 aliphatic rings. The van der Waals surface area contributed by atoms with E-state index in [4.69, 9.17) is 10.5 Å². The van der Waals surface area contributed by atoms with Gasteiger partial charge in [0, 0.05) is 17.1 Å². The summed E-state index contributed by atoms with van der Waals surface area (Å²) in [6.45, 7) is 1.97. The van der Waals surface area contributed by atoms with Crippen molar-refractivity contribution in [1.29, 1.82) is 0 Å². The number of nitrogens with one attached hydrogen (secondary N) is 1. The van der Waals surface area contributed by atoms with Crippen LogP contribution in [0.1, 0.15) is 18.6 Å². The molecular formula is C29H25BrN6O3. The SMILES string of the molecule is C[C@@H](Oc1ccccc1)c1ccc(-n2c(=O)n(-c3cccc(NC(=O)/C=C/CBr)c3)c3ncnc(N)c32)cc1. The third kappa shape index (κ3) is 5.46. The minimum Gasteiger partial charge on any atom is -0.486 e. The maximum atomic E-state index is 13.9. The number of nitrogens with two attached hydrogens (primary N) is 1. The number of nitrogen functional groups attached to an aromatic ring is 1. The summed E-state index contributed by atoms with van der Waals surface area (Å²) < 4.78 is 8.97. The van der Waals surface area contributed by atoms with E-state index < -0.39 is 0 Å². The summed E-state index contributed by atoms with van der Waals surface area (Å²) in [6, 6.07) is 24.1. The summed E-state index contributed by atoms with van der Waals surface area (Å²) >= 11 is 3.25. The zero-order valence-electron chi connectivity index (χ0n) is 21.0. The number of ether oxygens (including phenoxy) is 1. The smallest absolute Gasteiger partial charge is 0.339 e. The van der Waals surface area contributed by atoms with Gasteiger partial charge in [-0.05, 0) is 55.0 Å². The molecule has 3 N–H and O–H groups in total. The Morgan fingerprint density at radius 2 is 1.79 bits per heavy atom. The number of allylic oxidation sites excluding steroid dienone is 1. The van der Waals surface area contributed by atoms with Crippen LogP contribution in [0.3, 0.4) is 0 Å². The Balaban J connectivity index is 1.53. The Hall–Kier alpha value is -4.70. The lowest BCUT2D eigenvalue weighted by Gasteiger charge is -2.15. The first-order chi connectivity index (χ1) is 19.0. The van der Waals surface area contributed by atoms with E-state index in [1.165, 1.54) is 21.5 Å². The number of hydrogen-bond donors (Lipinski definition) is 2. The quantitative estimate of drug-likeness (QED) is 0.191. The molecule has 0 fully saturated rings. The topological polar surface area (TPSA) is 117 Å². The summed E-state index contributed by atoms with van der Waals surface area (Å²) in [6.07, 6.45) is 4.25. The molecule has 0 unspecified atom stereocenters. The number of para-hydroxylation sites is 1. The van der Waals surface area contributed by atoms with Crippen molar-refractivity contribution in [3.05, 3.63) is 113 Å². The number of carbonyl (C=O) groups excluding carboxylic acids is 1. The van der Waals surface area contributed by atoms with Crippen molar-refractivity contribution in [1.82, 2.24) is 19.1 Å². The van der Waals surface area contributed by atoms with Gasteiger partial charge in [-0.2, -0.15) is 0 Å². The summed E-state index contributed by atoms with van der Waals surface area (Å²) in [7, 11) is 0. The van der Waals surface area contributed by atoms with Crippen molar-refractivity contribution in [2.45, 2.75) is 13.0 Å². The molecule has 0 saturated heterocycles. The number of carbonyl (C=O) groups is 1. The largest absolute Gasteiger partial charge is 0.486 e. The number of benzene rings is 3. The Bertz CT molecular complexity index is 1710. The van der Waals surface area contributed by atoms with Crippen LogP contribution in [0.5, 0.6) is 5.75 Å². The second-order valence-electron chi connectivity index (χ2n) is 8.65. The van der Waals surface area contributed by atoms with Crippen LogP contribution in [0.4, 0.5) is 11.5 Å². The summed E-state index contributed by atoms with van der Waals surface area (Å²) in [5, 5.41) is 3.37. The van der Waals surface area contributed by atoms with E-state index in [9.17, 15) is 9.59 Å². The monoisotopic (exact) mass is 584 g/mol. The van der Waals surface area contributed by atoms with Crippen LogP contribution in [0.2, 0.25) is 0 Å². The average Bonchev–Trinajstić information content (AvgIpc) is 3.25. The van der Waals surface area contributed by atoms with Gasteiger partial charge in [-0.3, -0.25) is 9.36 Å². The molecule has 0 bridgehead atoms. The maximum absolute atomic E-state index is 13.9. The Morgan fingerprint density at radius 1 is 1.03 bits per heavy atom. The van der Waals surface area contributed by atoms with Crippen LogP contribution >= 0.6 is 15.9 Å². The molecule has 0 aliphatic carbocycles. The lowest BCUT2D eigenvalue weighted by atomic mass is 10.1. The number of halogens is 1. The summed E-state index contributed by atoms with van der Waals surface area (Å²) in [5.41, 5.74) is 9.21. The average molecular weight is 585 g/mol. The number of anilines is 2. The summed E-state index contributed by atoms with van der Waals surface area (Å²) in [4.78, 5) is 34.5. The van der Waals surface area contributed by atoms with Gasteiger partial charge in [0.1, 0.15) is 23.7 Å². The van der Waals surface area contributed by atoms with Crippen LogP contribution in [0.15, 0.2) is 102 Å². The van der Waals surface area contributed by atoms with Crippen molar-refractivity contribution >= 4 is 44.5 Å². The first kappa shape index (κ1) is 25.9. The zero-order valence-corrected chi connectivity index (χ0v) is 22.6. The fraction of sp³-hybridized carbons (Fsp3) is 0.103. The standard InChI is InChI=1S/C29H25BrN6O3/c1-19(39-24-9-3-2-4-10-24)20-12-14-22(15-13-20)35-26-27(31)32-18-33-28(26)36(29(35)38)23-8-5-7-21(17-23)34-25(37)11-6-16-30/h2-15,17-19H,16H2,1H3,(H,34,37)(H2,31,32,33)/b11-6+/t19-/m1/s1. The number of nitrogens with zero attached hydrogens (tertiary/aromatic N) is 4. The van der Waals surface area contributed by atoms with E-state index in [1.54, 1.807) is 30.3 Å². The van der Waals surface area contributed by atoms with Crippen molar-refractivity contribution in [2.75, 3.05) is 16.4 Å². The minimum atomic E-state index is -0.374. The van der Waals surface area contributed by atoms with Gasteiger partial charge in [0.2, 0.25) is 5.91 Å². The van der Waals surface area contributed by atoms with Gasteiger partial charge >= 0.3 is 5.69 Å². The molecule has 3 aromatic carbocycles. The molecule has 0 spiro atoms. The van der Waals surface area contributed by atoms with Crippen molar-refractivity contribution in [2.24, 2.45) is 0 Å². The molecule has 0 radical (unpaired) electrons. The number of rotatable bonds is 8.